The molecule has 34 heavy (non-hydrogen) atoms. The van der Waals surface area contributed by atoms with Crippen molar-refractivity contribution >= 4 is 34.7 Å². The van der Waals surface area contributed by atoms with Crippen LogP contribution in [0.3, 0.4) is 0 Å². The smallest absolute Gasteiger partial charge is 0.295 e. The summed E-state index contributed by atoms with van der Waals surface area (Å²) >= 11 is 6.30. The van der Waals surface area contributed by atoms with Gasteiger partial charge in [0.1, 0.15) is 17.3 Å². The van der Waals surface area contributed by atoms with Gasteiger partial charge in [-0.2, -0.15) is 0 Å². The molecule has 0 aliphatic carbocycles. The van der Waals surface area contributed by atoms with Gasteiger partial charge < -0.3 is 29.3 Å². The predicted octanol–water partition coefficient (Wildman–Crippen LogP) is 3.41. The molecule has 0 bridgehead atoms. The quantitative estimate of drug-likeness (QED) is 0.347. The second-order valence-electron chi connectivity index (χ2n) is 8.47. The van der Waals surface area contributed by atoms with Crippen molar-refractivity contribution in [2.45, 2.75) is 6.04 Å². The normalized spacial score (nSPS) is 17.4. The molecule has 1 saturated heterocycles. The van der Waals surface area contributed by atoms with Crippen molar-refractivity contribution < 1.29 is 24.2 Å². The fourth-order valence-electron chi connectivity index (χ4n) is 3.91. The molecule has 1 amide bonds. The molecular weight excluding hydrogens is 458 g/mol. The Bertz CT molecular complexity index is 1110. The summed E-state index contributed by atoms with van der Waals surface area (Å²) in [6.07, 6.45) is 0. The Kier molecular flexibility index (Phi) is 7.74. The average molecular weight is 488 g/mol. The Hall–Kier alpha value is -3.23. The summed E-state index contributed by atoms with van der Waals surface area (Å²) in [5.74, 6) is -1.15. The molecule has 0 spiro atoms. The number of carbonyl (C=O) groups is 2. The number of likely N-dealkylation sites (tertiary alicyclic amines) is 1. The van der Waals surface area contributed by atoms with Gasteiger partial charge in [0.05, 0.1) is 36.4 Å². The van der Waals surface area contributed by atoms with Gasteiger partial charge in [0, 0.05) is 38.9 Å². The number of ketones is 1. The minimum atomic E-state index is -0.762. The van der Waals surface area contributed by atoms with Gasteiger partial charge in [-0.3, -0.25) is 9.59 Å². The summed E-state index contributed by atoms with van der Waals surface area (Å²) in [6.45, 7) is 0.867. The van der Waals surface area contributed by atoms with Gasteiger partial charge in [0.15, 0.2) is 0 Å². The first-order valence-corrected chi connectivity index (χ1v) is 11.1. The minimum Gasteiger partial charge on any atom is -0.507 e. The van der Waals surface area contributed by atoms with Gasteiger partial charge >= 0.3 is 0 Å². The molecule has 1 aliphatic rings. The standard InChI is InChI=1S/C25H30ClN3O5/c1-27(2)11-12-29-22(15-7-9-16(10-8-15)28(3)4)21(24(31)25(29)32)23(30)17-13-18(26)20(34-6)14-19(17)33-5/h7-10,13-14,22,30H,11-12H2,1-6H3/b23-21+. The average Bonchev–Trinajstić information content (AvgIpc) is 3.06. The number of methoxy groups -OCH3 is 2. The van der Waals surface area contributed by atoms with Gasteiger partial charge in [0.2, 0.25) is 0 Å². The van der Waals surface area contributed by atoms with Gasteiger partial charge in [-0.25, -0.2) is 0 Å². The van der Waals surface area contributed by atoms with E-state index in [9.17, 15) is 14.7 Å². The number of likely N-dealkylation sites (N-methyl/N-ethyl adjacent to an activating group) is 1. The summed E-state index contributed by atoms with van der Waals surface area (Å²) in [6, 6.07) is 9.77. The Morgan fingerprint density at radius 1 is 1.03 bits per heavy atom. The van der Waals surface area contributed by atoms with Crippen molar-refractivity contribution in [3.63, 3.8) is 0 Å². The summed E-state index contributed by atoms with van der Waals surface area (Å²) in [7, 11) is 10.5. The van der Waals surface area contributed by atoms with Gasteiger partial charge in [-0.15, -0.1) is 0 Å². The fraction of sp³-hybridized carbons (Fsp3) is 0.360. The van der Waals surface area contributed by atoms with E-state index < -0.39 is 17.7 Å². The van der Waals surface area contributed by atoms with Crippen LogP contribution < -0.4 is 14.4 Å². The molecule has 1 aliphatic heterocycles. The third-order valence-corrected chi connectivity index (χ3v) is 6.08. The highest BCUT2D eigenvalue weighted by atomic mass is 35.5. The van der Waals surface area contributed by atoms with E-state index in [1.54, 1.807) is 0 Å². The first kappa shape index (κ1) is 25.4. The minimum absolute atomic E-state index is 0.0131. The number of aliphatic hydroxyl groups excluding tert-OH is 1. The first-order chi connectivity index (χ1) is 16.1. The number of aliphatic hydroxyl groups is 1. The lowest BCUT2D eigenvalue weighted by Gasteiger charge is -2.27. The van der Waals surface area contributed by atoms with Crippen LogP contribution in [0.4, 0.5) is 5.69 Å². The number of hydrogen-bond acceptors (Lipinski definition) is 7. The van der Waals surface area contributed by atoms with E-state index in [2.05, 4.69) is 0 Å². The van der Waals surface area contributed by atoms with Crippen LogP contribution >= 0.6 is 11.6 Å². The molecule has 2 aromatic carbocycles. The fourth-order valence-corrected chi connectivity index (χ4v) is 4.15. The Balaban J connectivity index is 2.21. The van der Waals surface area contributed by atoms with Gasteiger partial charge in [-0.05, 0) is 37.9 Å². The molecule has 3 rings (SSSR count). The summed E-state index contributed by atoms with van der Waals surface area (Å²) in [4.78, 5) is 31.7. The Labute approximate surface area is 204 Å². The van der Waals surface area contributed by atoms with Crippen LogP contribution in [0.5, 0.6) is 11.5 Å². The third kappa shape index (κ3) is 4.83. The molecule has 0 saturated carbocycles. The number of carbonyl (C=O) groups excluding carboxylic acids is 2. The van der Waals surface area contributed by atoms with Gasteiger partial charge in [0.25, 0.3) is 11.7 Å². The molecule has 0 aromatic heterocycles. The van der Waals surface area contributed by atoms with E-state index >= 15 is 0 Å². The topological polar surface area (TPSA) is 82.5 Å². The lowest BCUT2D eigenvalue weighted by molar-refractivity contribution is -0.140. The van der Waals surface area contributed by atoms with Crippen LogP contribution in [0.25, 0.3) is 5.76 Å². The van der Waals surface area contributed by atoms with Crippen LogP contribution in [0.1, 0.15) is 17.2 Å². The van der Waals surface area contributed by atoms with E-state index in [0.29, 0.717) is 24.4 Å². The highest BCUT2D eigenvalue weighted by Gasteiger charge is 2.46. The molecule has 182 valence electrons. The maximum atomic E-state index is 13.2. The molecule has 1 N–H and O–H groups in total. The van der Waals surface area contributed by atoms with Gasteiger partial charge in [-0.1, -0.05) is 23.7 Å². The molecule has 1 heterocycles. The maximum absolute atomic E-state index is 13.2. The number of Topliss-reactive ketones (excluding diaryl/α,β-unsaturated/α-hetero) is 1. The van der Waals surface area contributed by atoms with E-state index in [1.807, 2.05) is 62.3 Å². The van der Waals surface area contributed by atoms with Crippen molar-refractivity contribution in [2.24, 2.45) is 0 Å². The highest BCUT2D eigenvalue weighted by molar-refractivity contribution is 6.46. The van der Waals surface area contributed by atoms with E-state index in [0.717, 1.165) is 5.69 Å². The molecule has 9 heteroatoms. The predicted molar refractivity (Wildman–Crippen MR) is 133 cm³/mol. The van der Waals surface area contributed by atoms with Crippen molar-refractivity contribution in [3.8, 4) is 11.5 Å². The number of rotatable bonds is 8. The second kappa shape index (κ2) is 10.4. The number of halogens is 1. The zero-order chi connectivity index (χ0) is 25.2. The van der Waals surface area contributed by atoms with Crippen molar-refractivity contribution in [1.29, 1.82) is 0 Å². The van der Waals surface area contributed by atoms with Crippen molar-refractivity contribution in [1.82, 2.24) is 9.80 Å². The zero-order valence-corrected chi connectivity index (χ0v) is 21.0. The maximum Gasteiger partial charge on any atom is 0.295 e. The first-order valence-electron chi connectivity index (χ1n) is 10.7. The summed E-state index contributed by atoms with van der Waals surface area (Å²) in [5.41, 5.74) is 1.87. The SMILES string of the molecule is COc1cc(OC)c(/C(O)=C2\C(=O)C(=O)N(CCN(C)C)C2c2ccc(N(C)C)cc2)cc1Cl. The van der Waals surface area contributed by atoms with E-state index in [4.69, 9.17) is 21.1 Å². The molecule has 8 nitrogen and oxygen atoms in total. The number of benzene rings is 2. The largest absolute Gasteiger partial charge is 0.507 e. The van der Waals surface area contributed by atoms with E-state index in [-0.39, 0.29) is 27.7 Å². The number of ether oxygens (including phenoxy) is 2. The van der Waals surface area contributed by atoms with Crippen LogP contribution in [0.2, 0.25) is 5.02 Å². The summed E-state index contributed by atoms with van der Waals surface area (Å²) in [5, 5.41) is 11.6. The zero-order valence-electron chi connectivity index (χ0n) is 20.3. The summed E-state index contributed by atoms with van der Waals surface area (Å²) < 4.78 is 10.7. The molecular formula is C25H30ClN3O5. The van der Waals surface area contributed by atoms with Crippen LogP contribution in [0.15, 0.2) is 42.0 Å². The number of nitrogens with zero attached hydrogens (tertiary/aromatic N) is 3. The van der Waals surface area contributed by atoms with Crippen LogP contribution in [-0.4, -0.2) is 82.1 Å². The number of hydrogen-bond donors (Lipinski definition) is 1. The second-order valence-corrected chi connectivity index (χ2v) is 8.88. The third-order valence-electron chi connectivity index (χ3n) is 5.78. The van der Waals surface area contributed by atoms with Crippen molar-refractivity contribution in [3.05, 3.63) is 58.1 Å². The number of anilines is 1. The number of amides is 1. The molecule has 0 radical (unpaired) electrons. The molecule has 1 fully saturated rings. The van der Waals surface area contributed by atoms with Crippen LogP contribution in [-0.2, 0) is 9.59 Å². The Morgan fingerprint density at radius 3 is 2.18 bits per heavy atom. The van der Waals surface area contributed by atoms with Crippen molar-refractivity contribution in [2.75, 3.05) is 60.4 Å². The molecule has 1 atom stereocenters. The lowest BCUT2D eigenvalue weighted by atomic mass is 9.94. The monoisotopic (exact) mass is 487 g/mol. The Morgan fingerprint density at radius 2 is 1.65 bits per heavy atom. The highest BCUT2D eigenvalue weighted by Crippen LogP contribution is 2.43. The van der Waals surface area contributed by atoms with Crippen LogP contribution in [0, 0.1) is 0 Å². The lowest BCUT2D eigenvalue weighted by Crippen LogP contribution is -2.35. The van der Waals surface area contributed by atoms with E-state index in [1.165, 1.54) is 31.3 Å². The molecule has 2 aromatic rings. The molecule has 1 unspecified atom stereocenters.